The van der Waals surface area contributed by atoms with Gasteiger partial charge < -0.3 is 15.2 Å². The van der Waals surface area contributed by atoms with Crippen LogP contribution in [0.15, 0.2) is 41.6 Å². The Kier molecular flexibility index (Phi) is 8.42. The summed E-state index contributed by atoms with van der Waals surface area (Å²) in [6.07, 6.45) is 0.0256. The molecule has 3 rings (SSSR count). The fraction of sp³-hybridized carbons (Fsp3) is 0.238. The predicted octanol–water partition coefficient (Wildman–Crippen LogP) is 5.48. The number of nitrogens with one attached hydrogen (secondary N) is 2. The van der Waals surface area contributed by atoms with Crippen molar-refractivity contribution in [2.24, 2.45) is 0 Å². The van der Waals surface area contributed by atoms with E-state index in [-0.39, 0.29) is 24.0 Å². The lowest BCUT2D eigenvalue weighted by Gasteiger charge is -2.10. The molecular formula is C21H20Cl3N5O2S. The third-order valence-corrected chi connectivity index (χ3v) is 6.37. The first-order valence-corrected chi connectivity index (χ1v) is 11.7. The first-order chi connectivity index (χ1) is 15.3. The molecule has 11 heteroatoms. The van der Waals surface area contributed by atoms with Crippen LogP contribution >= 0.6 is 46.6 Å². The summed E-state index contributed by atoms with van der Waals surface area (Å²) in [5.41, 5.74) is 2.12. The molecule has 2 amide bonds. The second-order valence-corrected chi connectivity index (χ2v) is 8.99. The number of anilines is 2. The van der Waals surface area contributed by atoms with Crippen molar-refractivity contribution in [2.45, 2.75) is 32.0 Å². The van der Waals surface area contributed by atoms with E-state index < -0.39 is 0 Å². The third kappa shape index (κ3) is 6.38. The van der Waals surface area contributed by atoms with Crippen LogP contribution in [0.25, 0.3) is 0 Å². The van der Waals surface area contributed by atoms with Gasteiger partial charge in [-0.1, -0.05) is 46.6 Å². The van der Waals surface area contributed by atoms with E-state index in [1.807, 2.05) is 13.8 Å². The van der Waals surface area contributed by atoms with Crippen LogP contribution in [0.4, 0.5) is 11.4 Å². The van der Waals surface area contributed by atoms with Crippen LogP contribution in [0.1, 0.15) is 18.3 Å². The van der Waals surface area contributed by atoms with Crippen LogP contribution in [0.5, 0.6) is 0 Å². The fourth-order valence-electron chi connectivity index (χ4n) is 2.88. The van der Waals surface area contributed by atoms with Crippen molar-refractivity contribution in [3.05, 3.63) is 62.9 Å². The van der Waals surface area contributed by atoms with Crippen LogP contribution in [-0.4, -0.2) is 32.3 Å². The highest BCUT2D eigenvalue weighted by atomic mass is 35.5. The van der Waals surface area contributed by atoms with Crippen molar-refractivity contribution in [1.82, 2.24) is 14.8 Å². The van der Waals surface area contributed by atoms with Crippen molar-refractivity contribution >= 4 is 69.8 Å². The van der Waals surface area contributed by atoms with Gasteiger partial charge in [0.15, 0.2) is 5.16 Å². The zero-order valence-electron chi connectivity index (χ0n) is 17.3. The Balaban J connectivity index is 1.59. The second-order valence-electron chi connectivity index (χ2n) is 6.79. The summed E-state index contributed by atoms with van der Waals surface area (Å²) in [6.45, 7) is 4.35. The molecule has 0 radical (unpaired) electrons. The van der Waals surface area contributed by atoms with Gasteiger partial charge in [0.1, 0.15) is 5.82 Å². The quantitative estimate of drug-likeness (QED) is 0.390. The minimum Gasteiger partial charge on any atom is -0.326 e. The Hall–Kier alpha value is -2.26. The van der Waals surface area contributed by atoms with Crippen molar-refractivity contribution in [1.29, 1.82) is 0 Å². The molecule has 0 aliphatic heterocycles. The third-order valence-electron chi connectivity index (χ3n) is 4.43. The van der Waals surface area contributed by atoms with E-state index in [0.717, 1.165) is 5.56 Å². The predicted molar refractivity (Wildman–Crippen MR) is 130 cm³/mol. The first kappa shape index (κ1) is 24.4. The molecule has 0 unspecified atom stereocenters. The Morgan fingerprint density at radius 2 is 1.78 bits per heavy atom. The van der Waals surface area contributed by atoms with Crippen LogP contribution < -0.4 is 10.6 Å². The monoisotopic (exact) mass is 511 g/mol. The van der Waals surface area contributed by atoms with Crippen molar-refractivity contribution in [3.8, 4) is 0 Å². The number of aromatic nitrogens is 3. The summed E-state index contributed by atoms with van der Waals surface area (Å²) in [5.74, 6) is 0.208. The van der Waals surface area contributed by atoms with E-state index >= 15 is 0 Å². The summed E-state index contributed by atoms with van der Waals surface area (Å²) < 4.78 is 1.81. The van der Waals surface area contributed by atoms with Gasteiger partial charge in [0.2, 0.25) is 11.8 Å². The Bertz CT molecular complexity index is 1150. The second kappa shape index (κ2) is 11.0. The number of aryl methyl sites for hydroxylation is 1. The zero-order chi connectivity index (χ0) is 23.3. The standard InChI is InChI=1S/C21H20Cl3N5O2S/c1-3-29-18(10-19(30)25-14-5-6-15(23)16(24)9-14)27-28-21(29)32-11-20(31)26-17-7-4-13(22)8-12(17)2/h4-9H,3,10-11H2,1-2H3,(H,25,30)(H,26,31). The number of benzene rings is 2. The maximum atomic E-state index is 12.4. The normalized spacial score (nSPS) is 10.8. The number of nitrogens with zero attached hydrogens (tertiary/aromatic N) is 3. The summed E-state index contributed by atoms with van der Waals surface area (Å²) in [7, 11) is 0. The molecule has 32 heavy (non-hydrogen) atoms. The first-order valence-electron chi connectivity index (χ1n) is 9.62. The highest BCUT2D eigenvalue weighted by molar-refractivity contribution is 7.99. The van der Waals surface area contributed by atoms with E-state index in [0.29, 0.717) is 44.0 Å². The molecule has 0 spiro atoms. The number of hydrogen-bond acceptors (Lipinski definition) is 5. The van der Waals surface area contributed by atoms with Gasteiger partial charge in [0, 0.05) is 22.9 Å². The van der Waals surface area contributed by atoms with E-state index in [1.165, 1.54) is 11.8 Å². The molecule has 0 fully saturated rings. The summed E-state index contributed by atoms with van der Waals surface area (Å²) in [5, 5.41) is 15.8. The molecule has 0 aliphatic rings. The smallest absolute Gasteiger partial charge is 0.234 e. The van der Waals surface area contributed by atoms with Crippen LogP contribution in [-0.2, 0) is 22.6 Å². The van der Waals surface area contributed by atoms with Crippen molar-refractivity contribution in [3.63, 3.8) is 0 Å². The molecule has 7 nitrogen and oxygen atoms in total. The summed E-state index contributed by atoms with van der Waals surface area (Å²) >= 11 is 19.1. The molecule has 0 saturated carbocycles. The van der Waals surface area contributed by atoms with Crippen molar-refractivity contribution < 1.29 is 9.59 Å². The van der Waals surface area contributed by atoms with Gasteiger partial charge >= 0.3 is 0 Å². The van der Waals surface area contributed by atoms with Crippen LogP contribution in [0.2, 0.25) is 15.1 Å². The SMILES string of the molecule is CCn1c(CC(=O)Nc2ccc(Cl)c(Cl)c2)nnc1SCC(=O)Nc1ccc(Cl)cc1C. The van der Waals surface area contributed by atoms with Gasteiger partial charge in [-0.05, 0) is 55.8 Å². The average molecular weight is 513 g/mol. The molecule has 0 saturated heterocycles. The Morgan fingerprint density at radius 1 is 1.00 bits per heavy atom. The van der Waals surface area contributed by atoms with Crippen LogP contribution in [0, 0.1) is 6.92 Å². The molecule has 1 heterocycles. The number of amides is 2. The minimum absolute atomic E-state index is 0.0256. The van der Waals surface area contributed by atoms with Gasteiger partial charge in [-0.25, -0.2) is 0 Å². The van der Waals surface area contributed by atoms with Gasteiger partial charge in [0.25, 0.3) is 0 Å². The van der Waals surface area contributed by atoms with E-state index in [4.69, 9.17) is 34.8 Å². The number of carbonyl (C=O) groups is 2. The topological polar surface area (TPSA) is 88.9 Å². The van der Waals surface area contributed by atoms with E-state index in [1.54, 1.807) is 41.0 Å². The lowest BCUT2D eigenvalue weighted by Crippen LogP contribution is -2.18. The number of hydrogen-bond donors (Lipinski definition) is 2. The van der Waals surface area contributed by atoms with E-state index in [9.17, 15) is 9.59 Å². The van der Waals surface area contributed by atoms with Gasteiger partial charge in [0.05, 0.1) is 22.2 Å². The molecule has 0 bridgehead atoms. The number of thioether (sulfide) groups is 1. The number of rotatable bonds is 8. The maximum Gasteiger partial charge on any atom is 0.234 e. The maximum absolute atomic E-state index is 12.4. The summed E-state index contributed by atoms with van der Waals surface area (Å²) in [6, 6.07) is 10.1. The number of carbonyl (C=O) groups excluding carboxylic acids is 2. The minimum atomic E-state index is -0.266. The van der Waals surface area contributed by atoms with Crippen molar-refractivity contribution in [2.75, 3.05) is 16.4 Å². The van der Waals surface area contributed by atoms with E-state index in [2.05, 4.69) is 20.8 Å². The van der Waals surface area contributed by atoms with Gasteiger partial charge in [-0.15, -0.1) is 10.2 Å². The Labute approximate surface area is 204 Å². The summed E-state index contributed by atoms with van der Waals surface area (Å²) in [4.78, 5) is 24.8. The van der Waals surface area contributed by atoms with Gasteiger partial charge in [-0.3, -0.25) is 9.59 Å². The molecule has 2 N–H and O–H groups in total. The lowest BCUT2D eigenvalue weighted by molar-refractivity contribution is -0.116. The molecule has 2 aromatic carbocycles. The highest BCUT2D eigenvalue weighted by Gasteiger charge is 2.16. The highest BCUT2D eigenvalue weighted by Crippen LogP contribution is 2.25. The molecular weight excluding hydrogens is 493 g/mol. The zero-order valence-corrected chi connectivity index (χ0v) is 20.4. The largest absolute Gasteiger partial charge is 0.326 e. The molecule has 0 aliphatic carbocycles. The average Bonchev–Trinajstić information content (AvgIpc) is 3.12. The molecule has 168 valence electrons. The lowest BCUT2D eigenvalue weighted by atomic mass is 10.2. The molecule has 3 aromatic rings. The van der Waals surface area contributed by atoms with Crippen LogP contribution in [0.3, 0.4) is 0 Å². The molecule has 0 atom stereocenters. The Morgan fingerprint density at radius 3 is 2.47 bits per heavy atom. The fourth-order valence-corrected chi connectivity index (χ4v) is 4.23. The van der Waals surface area contributed by atoms with Gasteiger partial charge in [-0.2, -0.15) is 0 Å². The molecule has 1 aromatic heterocycles. The number of halogens is 3.